The van der Waals surface area contributed by atoms with Gasteiger partial charge in [-0.25, -0.2) is 4.79 Å². The molecule has 1 fully saturated rings. The Labute approximate surface area is 121 Å². The molecule has 0 atom stereocenters. The molecular weight excluding hydrogens is 280 g/mol. The summed E-state index contributed by atoms with van der Waals surface area (Å²) in [7, 11) is 0. The Balaban J connectivity index is 1.96. The SMILES string of the molecule is O=C(O)CNC(=O)CNC(=O)NCCCC(=O)NC1CC1. The fourth-order valence-electron chi connectivity index (χ4n) is 1.44. The minimum absolute atomic E-state index is 0.0206. The molecule has 1 saturated carbocycles. The van der Waals surface area contributed by atoms with Crippen LogP contribution in [-0.4, -0.2) is 54.6 Å². The Kier molecular flexibility index (Phi) is 6.99. The predicted octanol–water partition coefficient (Wildman–Crippen LogP) is -1.45. The Morgan fingerprint density at radius 2 is 1.67 bits per heavy atom. The smallest absolute Gasteiger partial charge is 0.322 e. The van der Waals surface area contributed by atoms with Gasteiger partial charge in [-0.3, -0.25) is 14.4 Å². The van der Waals surface area contributed by atoms with Crippen molar-refractivity contribution in [1.82, 2.24) is 21.3 Å². The molecule has 0 aromatic rings. The fourth-order valence-corrected chi connectivity index (χ4v) is 1.44. The van der Waals surface area contributed by atoms with E-state index in [4.69, 9.17) is 5.11 Å². The van der Waals surface area contributed by atoms with E-state index in [-0.39, 0.29) is 12.5 Å². The molecule has 21 heavy (non-hydrogen) atoms. The van der Waals surface area contributed by atoms with E-state index in [1.807, 2.05) is 0 Å². The van der Waals surface area contributed by atoms with Crippen molar-refractivity contribution >= 4 is 23.8 Å². The lowest BCUT2D eigenvalue weighted by Gasteiger charge is -2.07. The maximum absolute atomic E-state index is 11.3. The Morgan fingerprint density at radius 3 is 2.29 bits per heavy atom. The van der Waals surface area contributed by atoms with E-state index in [9.17, 15) is 19.2 Å². The first-order valence-electron chi connectivity index (χ1n) is 6.77. The molecular formula is C12H20N4O5. The Hall–Kier alpha value is -2.32. The zero-order valence-corrected chi connectivity index (χ0v) is 11.6. The molecule has 0 unspecified atom stereocenters. The van der Waals surface area contributed by atoms with Gasteiger partial charge < -0.3 is 26.4 Å². The average molecular weight is 300 g/mol. The second kappa shape index (κ2) is 8.77. The van der Waals surface area contributed by atoms with Crippen LogP contribution in [0.4, 0.5) is 4.79 Å². The largest absolute Gasteiger partial charge is 0.480 e. The Bertz CT molecular complexity index is 408. The highest BCUT2D eigenvalue weighted by molar-refractivity contribution is 5.86. The molecule has 0 aromatic carbocycles. The van der Waals surface area contributed by atoms with Gasteiger partial charge in [0.25, 0.3) is 0 Å². The highest BCUT2D eigenvalue weighted by atomic mass is 16.4. The highest BCUT2D eigenvalue weighted by Gasteiger charge is 2.22. The van der Waals surface area contributed by atoms with E-state index in [0.29, 0.717) is 25.4 Å². The van der Waals surface area contributed by atoms with Gasteiger partial charge in [0.05, 0.1) is 6.54 Å². The number of rotatable bonds is 9. The number of carboxylic acid groups (broad SMARTS) is 1. The lowest BCUT2D eigenvalue weighted by molar-refractivity contribution is -0.137. The van der Waals surface area contributed by atoms with Crippen LogP contribution in [-0.2, 0) is 14.4 Å². The Morgan fingerprint density at radius 1 is 0.952 bits per heavy atom. The van der Waals surface area contributed by atoms with Gasteiger partial charge >= 0.3 is 12.0 Å². The average Bonchev–Trinajstić information content (AvgIpc) is 3.22. The van der Waals surface area contributed by atoms with Crippen molar-refractivity contribution in [3.05, 3.63) is 0 Å². The van der Waals surface area contributed by atoms with E-state index < -0.39 is 24.5 Å². The number of carbonyl (C=O) groups is 4. The van der Waals surface area contributed by atoms with Crippen LogP contribution >= 0.6 is 0 Å². The number of urea groups is 1. The fraction of sp³-hybridized carbons (Fsp3) is 0.667. The first kappa shape index (κ1) is 16.7. The maximum atomic E-state index is 11.3. The second-order valence-electron chi connectivity index (χ2n) is 4.73. The summed E-state index contributed by atoms with van der Waals surface area (Å²) in [5, 5.41) is 18.1. The van der Waals surface area contributed by atoms with Crippen molar-refractivity contribution in [3.8, 4) is 0 Å². The normalized spacial score (nSPS) is 13.1. The number of aliphatic carboxylic acids is 1. The van der Waals surface area contributed by atoms with Crippen LogP contribution < -0.4 is 21.3 Å². The van der Waals surface area contributed by atoms with Crippen LogP contribution in [0.3, 0.4) is 0 Å². The molecule has 0 saturated heterocycles. The van der Waals surface area contributed by atoms with Crippen LogP contribution in [0.2, 0.25) is 0 Å². The molecule has 9 heteroatoms. The zero-order valence-electron chi connectivity index (χ0n) is 11.6. The summed E-state index contributed by atoms with van der Waals surface area (Å²) >= 11 is 0. The second-order valence-corrected chi connectivity index (χ2v) is 4.73. The third-order valence-electron chi connectivity index (χ3n) is 2.65. The molecule has 0 spiro atoms. The molecule has 0 heterocycles. The van der Waals surface area contributed by atoms with E-state index in [2.05, 4.69) is 21.3 Å². The molecule has 1 aliphatic rings. The maximum Gasteiger partial charge on any atom is 0.322 e. The van der Waals surface area contributed by atoms with Gasteiger partial charge in [-0.1, -0.05) is 0 Å². The molecule has 1 rings (SSSR count). The molecule has 0 radical (unpaired) electrons. The minimum Gasteiger partial charge on any atom is -0.480 e. The minimum atomic E-state index is -1.16. The summed E-state index contributed by atoms with van der Waals surface area (Å²) in [5.74, 6) is -1.76. The number of nitrogens with one attached hydrogen (secondary N) is 4. The van der Waals surface area contributed by atoms with Gasteiger partial charge in [0.15, 0.2) is 0 Å². The van der Waals surface area contributed by atoms with Crippen molar-refractivity contribution in [1.29, 1.82) is 0 Å². The van der Waals surface area contributed by atoms with E-state index in [1.54, 1.807) is 0 Å². The van der Waals surface area contributed by atoms with Crippen LogP contribution in [0.5, 0.6) is 0 Å². The van der Waals surface area contributed by atoms with E-state index in [0.717, 1.165) is 12.8 Å². The molecule has 9 nitrogen and oxygen atoms in total. The van der Waals surface area contributed by atoms with Gasteiger partial charge in [-0.05, 0) is 19.3 Å². The van der Waals surface area contributed by atoms with Crippen LogP contribution in [0.15, 0.2) is 0 Å². The van der Waals surface area contributed by atoms with Crippen LogP contribution in [0, 0.1) is 0 Å². The summed E-state index contributed by atoms with van der Waals surface area (Å²) in [5.41, 5.74) is 0. The first-order valence-corrected chi connectivity index (χ1v) is 6.77. The molecule has 5 N–H and O–H groups in total. The van der Waals surface area contributed by atoms with Gasteiger partial charge in [0.2, 0.25) is 11.8 Å². The van der Waals surface area contributed by atoms with Crippen LogP contribution in [0.1, 0.15) is 25.7 Å². The molecule has 0 bridgehead atoms. The first-order chi connectivity index (χ1) is 9.97. The van der Waals surface area contributed by atoms with Crippen molar-refractivity contribution in [3.63, 3.8) is 0 Å². The van der Waals surface area contributed by atoms with Gasteiger partial charge in [0, 0.05) is 19.0 Å². The van der Waals surface area contributed by atoms with E-state index in [1.165, 1.54) is 0 Å². The van der Waals surface area contributed by atoms with E-state index >= 15 is 0 Å². The predicted molar refractivity (Wildman–Crippen MR) is 72.4 cm³/mol. The van der Waals surface area contributed by atoms with Crippen LogP contribution in [0.25, 0.3) is 0 Å². The monoisotopic (exact) mass is 300 g/mol. The van der Waals surface area contributed by atoms with Gasteiger partial charge in [-0.2, -0.15) is 0 Å². The topological polar surface area (TPSA) is 137 Å². The number of carboxylic acids is 1. The molecule has 118 valence electrons. The lowest BCUT2D eigenvalue weighted by Crippen LogP contribution is -2.43. The zero-order chi connectivity index (χ0) is 15.7. The quantitative estimate of drug-likeness (QED) is 0.332. The number of hydrogen-bond acceptors (Lipinski definition) is 4. The third kappa shape index (κ3) is 9.25. The molecule has 1 aliphatic carbocycles. The number of carbonyl (C=O) groups excluding carboxylic acids is 3. The number of amides is 4. The third-order valence-corrected chi connectivity index (χ3v) is 2.65. The molecule has 0 aromatic heterocycles. The highest BCUT2D eigenvalue weighted by Crippen LogP contribution is 2.18. The number of hydrogen-bond donors (Lipinski definition) is 5. The van der Waals surface area contributed by atoms with Crippen molar-refractivity contribution in [2.75, 3.05) is 19.6 Å². The summed E-state index contributed by atoms with van der Waals surface area (Å²) in [4.78, 5) is 43.9. The molecule has 4 amide bonds. The summed E-state index contributed by atoms with van der Waals surface area (Å²) in [6.45, 7) is -0.472. The summed E-state index contributed by atoms with van der Waals surface area (Å²) < 4.78 is 0. The standard InChI is InChI=1S/C12H20N4O5/c17-9(16-8-3-4-8)2-1-5-13-12(21)15-6-10(18)14-7-11(19)20/h8H,1-7H2,(H,14,18)(H,16,17)(H,19,20)(H2,13,15,21). The van der Waals surface area contributed by atoms with Crippen molar-refractivity contribution in [2.45, 2.75) is 31.7 Å². The molecule has 0 aliphatic heterocycles. The van der Waals surface area contributed by atoms with Crippen molar-refractivity contribution in [2.24, 2.45) is 0 Å². The van der Waals surface area contributed by atoms with Gasteiger partial charge in [-0.15, -0.1) is 0 Å². The summed E-state index contributed by atoms with van der Waals surface area (Å²) in [6, 6.07) is -0.207. The van der Waals surface area contributed by atoms with Crippen molar-refractivity contribution < 1.29 is 24.3 Å². The summed E-state index contributed by atoms with van der Waals surface area (Å²) in [6.07, 6.45) is 2.93. The lowest BCUT2D eigenvalue weighted by atomic mass is 10.3. The van der Waals surface area contributed by atoms with Gasteiger partial charge in [0.1, 0.15) is 6.54 Å².